The van der Waals surface area contributed by atoms with Gasteiger partial charge in [-0.05, 0) is 13.8 Å². The van der Waals surface area contributed by atoms with Gasteiger partial charge in [0, 0.05) is 26.1 Å². The van der Waals surface area contributed by atoms with E-state index in [1.54, 1.807) is 12.2 Å². The third-order valence-electron chi connectivity index (χ3n) is 1.31. The van der Waals surface area contributed by atoms with Crippen molar-refractivity contribution in [2.75, 3.05) is 13.2 Å². The molecule has 82 valence electrons. The average Bonchev–Trinajstić information content (AvgIpc) is 2.20. The van der Waals surface area contributed by atoms with Crippen LogP contribution < -0.4 is 0 Å². The van der Waals surface area contributed by atoms with Gasteiger partial charge in [0.1, 0.15) is 0 Å². The van der Waals surface area contributed by atoms with Crippen molar-refractivity contribution < 1.29 is 9.94 Å². The Kier molecular flexibility index (Phi) is 15.9. The smallest absolute Gasteiger partial charge is 0.0645 e. The molecule has 0 unspecified atom stereocenters. The van der Waals surface area contributed by atoms with Crippen LogP contribution in [0.2, 0.25) is 0 Å². The molecular weight excluding hydrogens is 178 g/mol. The van der Waals surface area contributed by atoms with Crippen molar-refractivity contribution in [3.63, 3.8) is 0 Å². The van der Waals surface area contributed by atoms with Gasteiger partial charge in [0.25, 0.3) is 0 Å². The molecule has 0 rings (SSSR count). The lowest BCUT2D eigenvalue weighted by molar-refractivity contribution is 0.162. The maximum Gasteiger partial charge on any atom is 0.0645 e. The molecule has 3 nitrogen and oxygen atoms in total. The predicted molar refractivity (Wildman–Crippen MR) is 61.0 cm³/mol. The van der Waals surface area contributed by atoms with E-state index >= 15 is 0 Å². The first-order valence-electron chi connectivity index (χ1n) is 4.76. The summed E-state index contributed by atoms with van der Waals surface area (Å²) in [4.78, 5) is 0. The summed E-state index contributed by atoms with van der Waals surface area (Å²) < 4.78 is 4.83. The van der Waals surface area contributed by atoms with E-state index in [-0.39, 0.29) is 0 Å². The van der Waals surface area contributed by atoms with Gasteiger partial charge < -0.3 is 9.94 Å². The normalized spacial score (nSPS) is 8.14. The van der Waals surface area contributed by atoms with Crippen LogP contribution in [0.1, 0.15) is 26.7 Å². The second-order valence-corrected chi connectivity index (χ2v) is 2.43. The maximum absolute atomic E-state index is 8.28. The summed E-state index contributed by atoms with van der Waals surface area (Å²) in [6, 6.07) is 0. The van der Waals surface area contributed by atoms with Gasteiger partial charge in [0.05, 0.1) is 5.71 Å². The van der Waals surface area contributed by atoms with E-state index in [0.717, 1.165) is 13.2 Å². The first kappa shape index (κ1) is 15.4. The van der Waals surface area contributed by atoms with Gasteiger partial charge in [0.15, 0.2) is 0 Å². The van der Waals surface area contributed by atoms with Gasteiger partial charge >= 0.3 is 0 Å². The zero-order chi connectivity index (χ0) is 11.2. The average molecular weight is 199 g/mol. The quantitative estimate of drug-likeness (QED) is 0.309. The molecule has 0 bridgehead atoms. The van der Waals surface area contributed by atoms with Crippen molar-refractivity contribution in [2.24, 2.45) is 5.16 Å². The lowest BCUT2D eigenvalue weighted by atomic mass is 10.2. The third-order valence-corrected chi connectivity index (χ3v) is 1.31. The molecule has 3 heteroatoms. The van der Waals surface area contributed by atoms with E-state index in [1.807, 2.05) is 13.8 Å². The summed E-state index contributed by atoms with van der Waals surface area (Å²) in [5, 5.41) is 11.3. The Balaban J connectivity index is 0. The predicted octanol–water partition coefficient (Wildman–Crippen LogP) is 3.01. The molecular formula is C11H21NO2. The highest BCUT2D eigenvalue weighted by molar-refractivity contribution is 5.86. The maximum atomic E-state index is 8.28. The van der Waals surface area contributed by atoms with Crippen molar-refractivity contribution in [3.05, 3.63) is 25.3 Å². The molecule has 0 atom stereocenters. The number of rotatable bonds is 6. The lowest BCUT2D eigenvalue weighted by Crippen LogP contribution is -1.92. The third kappa shape index (κ3) is 13.5. The van der Waals surface area contributed by atoms with Crippen molar-refractivity contribution >= 4 is 5.71 Å². The largest absolute Gasteiger partial charge is 0.411 e. The number of hydrogen-bond acceptors (Lipinski definition) is 3. The monoisotopic (exact) mass is 199 g/mol. The van der Waals surface area contributed by atoms with E-state index in [1.165, 1.54) is 0 Å². The van der Waals surface area contributed by atoms with Gasteiger partial charge in [-0.2, -0.15) is 0 Å². The minimum absolute atomic E-state index is 0.628. The van der Waals surface area contributed by atoms with Crippen molar-refractivity contribution in [1.82, 2.24) is 0 Å². The van der Waals surface area contributed by atoms with Gasteiger partial charge in [0.2, 0.25) is 0 Å². The minimum Gasteiger partial charge on any atom is -0.411 e. The van der Waals surface area contributed by atoms with E-state index in [4.69, 9.17) is 9.94 Å². The summed E-state index contributed by atoms with van der Waals surface area (Å²) in [6.45, 7) is 12.7. The molecule has 0 spiro atoms. The molecule has 0 aromatic carbocycles. The van der Waals surface area contributed by atoms with Crippen molar-refractivity contribution in [2.45, 2.75) is 26.7 Å². The Morgan fingerprint density at radius 1 is 1.21 bits per heavy atom. The Morgan fingerprint density at radius 2 is 1.64 bits per heavy atom. The molecule has 0 aromatic rings. The summed E-state index contributed by atoms with van der Waals surface area (Å²) in [5.41, 5.74) is 0.694. The van der Waals surface area contributed by atoms with E-state index in [9.17, 15) is 0 Å². The molecule has 0 heterocycles. The first-order valence-corrected chi connectivity index (χ1v) is 4.76. The van der Waals surface area contributed by atoms with E-state index in [2.05, 4.69) is 18.3 Å². The second-order valence-electron chi connectivity index (χ2n) is 2.43. The van der Waals surface area contributed by atoms with Gasteiger partial charge in [-0.1, -0.05) is 17.3 Å². The fourth-order valence-electron chi connectivity index (χ4n) is 0.702. The first-order chi connectivity index (χ1) is 6.76. The van der Waals surface area contributed by atoms with Crippen LogP contribution in [0, 0.1) is 0 Å². The minimum atomic E-state index is 0.628. The fourth-order valence-corrected chi connectivity index (χ4v) is 0.702. The Hall–Kier alpha value is -1.09. The molecule has 0 amide bonds. The zero-order valence-electron chi connectivity index (χ0n) is 9.20. The molecule has 0 aliphatic rings. The van der Waals surface area contributed by atoms with Crippen LogP contribution in [-0.4, -0.2) is 24.1 Å². The number of allylic oxidation sites excluding steroid dienone is 2. The molecule has 0 aromatic heterocycles. The molecule has 0 saturated heterocycles. The van der Waals surface area contributed by atoms with Gasteiger partial charge in [-0.25, -0.2) is 0 Å². The van der Waals surface area contributed by atoms with Crippen LogP contribution in [-0.2, 0) is 4.74 Å². The van der Waals surface area contributed by atoms with Gasteiger partial charge in [-0.15, -0.1) is 13.2 Å². The molecule has 14 heavy (non-hydrogen) atoms. The molecule has 0 aliphatic heterocycles. The second kappa shape index (κ2) is 14.4. The summed E-state index contributed by atoms with van der Waals surface area (Å²) in [6.07, 6.45) is 4.64. The van der Waals surface area contributed by atoms with Crippen LogP contribution in [0.3, 0.4) is 0 Å². The van der Waals surface area contributed by atoms with Crippen LogP contribution in [0.5, 0.6) is 0 Å². The van der Waals surface area contributed by atoms with E-state index in [0.29, 0.717) is 18.6 Å². The molecule has 0 aliphatic carbocycles. The van der Waals surface area contributed by atoms with Crippen LogP contribution in [0.25, 0.3) is 0 Å². The highest BCUT2D eigenvalue weighted by Crippen LogP contribution is 1.93. The Labute approximate surface area is 86.8 Å². The van der Waals surface area contributed by atoms with Crippen LogP contribution >= 0.6 is 0 Å². The van der Waals surface area contributed by atoms with Gasteiger partial charge in [-0.3, -0.25) is 0 Å². The van der Waals surface area contributed by atoms with Crippen LogP contribution in [0.15, 0.2) is 30.5 Å². The van der Waals surface area contributed by atoms with E-state index < -0.39 is 0 Å². The molecule has 0 radical (unpaired) electrons. The number of oxime groups is 1. The molecule has 0 saturated carbocycles. The molecule has 1 N–H and O–H groups in total. The Morgan fingerprint density at radius 3 is 1.79 bits per heavy atom. The number of hydrogen-bond donors (Lipinski definition) is 1. The summed E-state index contributed by atoms with van der Waals surface area (Å²) >= 11 is 0. The standard InChI is InChI=1S/C7H11NO.C4H10O/c1-3-5-7(8-9)6-4-2;1-3-5-4-2/h3-4,9H,1-2,5-6H2;3-4H2,1-2H3. The van der Waals surface area contributed by atoms with Crippen LogP contribution in [0.4, 0.5) is 0 Å². The number of ether oxygens (including phenoxy) is 1. The fraction of sp³-hybridized carbons (Fsp3) is 0.545. The highest BCUT2D eigenvalue weighted by Gasteiger charge is 1.90. The highest BCUT2D eigenvalue weighted by atomic mass is 16.5. The Bertz CT molecular complexity index is 151. The lowest BCUT2D eigenvalue weighted by Gasteiger charge is -1.92. The summed E-state index contributed by atoms with van der Waals surface area (Å²) in [5.74, 6) is 0. The summed E-state index contributed by atoms with van der Waals surface area (Å²) in [7, 11) is 0. The zero-order valence-corrected chi connectivity index (χ0v) is 9.20. The topological polar surface area (TPSA) is 41.8 Å². The molecule has 0 fully saturated rings. The van der Waals surface area contributed by atoms with Crippen molar-refractivity contribution in [1.29, 1.82) is 0 Å². The SMILES string of the molecule is C=CCC(CC=C)=NO.CCOCC. The number of nitrogens with zero attached hydrogens (tertiary/aromatic N) is 1. The van der Waals surface area contributed by atoms with Crippen molar-refractivity contribution in [3.8, 4) is 0 Å².